The van der Waals surface area contributed by atoms with Crippen molar-refractivity contribution in [2.24, 2.45) is 0 Å². The quantitative estimate of drug-likeness (QED) is 0.829. The van der Waals surface area contributed by atoms with Gasteiger partial charge in [0.2, 0.25) is 0 Å². The third kappa shape index (κ3) is 3.55. The molecular weight excluding hydrogens is 299 g/mol. The summed E-state index contributed by atoms with van der Waals surface area (Å²) in [5.41, 5.74) is 0. The van der Waals surface area contributed by atoms with Crippen LogP contribution in [0.1, 0.15) is 12.8 Å². The number of halogens is 1. The fourth-order valence-corrected chi connectivity index (χ4v) is 3.21. The standard InChI is InChI=1S/C16H23FN4O2/c1-19(16(22)21-9-11-23-12-10-21)13-4-7-20(8-5-13)15-14(17)3-2-6-18-15/h2-3,6,13H,4-5,7-12H2,1H3. The number of carbonyl (C=O) groups excluding carboxylic acids is 1. The molecule has 7 heteroatoms. The summed E-state index contributed by atoms with van der Waals surface area (Å²) < 4.78 is 19.1. The number of urea groups is 1. The summed E-state index contributed by atoms with van der Waals surface area (Å²) in [5.74, 6) is 0.122. The van der Waals surface area contributed by atoms with Crippen LogP contribution in [-0.4, -0.2) is 73.3 Å². The van der Waals surface area contributed by atoms with E-state index < -0.39 is 0 Å². The number of hydrogen-bond acceptors (Lipinski definition) is 4. The zero-order valence-corrected chi connectivity index (χ0v) is 13.4. The van der Waals surface area contributed by atoms with Gasteiger partial charge in [-0.2, -0.15) is 0 Å². The molecule has 0 N–H and O–H groups in total. The lowest BCUT2D eigenvalue weighted by atomic mass is 10.0. The van der Waals surface area contributed by atoms with Gasteiger partial charge >= 0.3 is 6.03 Å². The maximum absolute atomic E-state index is 13.8. The smallest absolute Gasteiger partial charge is 0.320 e. The van der Waals surface area contributed by atoms with Gasteiger partial charge in [-0.3, -0.25) is 0 Å². The minimum absolute atomic E-state index is 0.0655. The van der Waals surface area contributed by atoms with E-state index in [4.69, 9.17) is 4.74 Å². The number of pyridine rings is 1. The minimum atomic E-state index is -0.288. The molecule has 3 rings (SSSR count). The highest BCUT2D eigenvalue weighted by Gasteiger charge is 2.29. The fourth-order valence-electron chi connectivity index (χ4n) is 3.21. The Balaban J connectivity index is 1.56. The summed E-state index contributed by atoms with van der Waals surface area (Å²) in [5, 5.41) is 0. The van der Waals surface area contributed by atoms with Crippen molar-refractivity contribution in [3.8, 4) is 0 Å². The summed E-state index contributed by atoms with van der Waals surface area (Å²) in [6.45, 7) is 3.94. The molecule has 0 aromatic carbocycles. The van der Waals surface area contributed by atoms with Crippen molar-refractivity contribution in [3.05, 3.63) is 24.1 Å². The average molecular weight is 322 g/mol. The third-order valence-corrected chi connectivity index (χ3v) is 4.63. The number of anilines is 1. The molecule has 2 aliphatic rings. The second kappa shape index (κ2) is 7.12. The zero-order chi connectivity index (χ0) is 16.2. The molecule has 0 radical (unpaired) electrons. The maximum atomic E-state index is 13.8. The molecule has 2 aliphatic heterocycles. The molecule has 1 aromatic heterocycles. The molecule has 3 heterocycles. The molecule has 0 saturated carbocycles. The Hall–Kier alpha value is -1.89. The zero-order valence-electron chi connectivity index (χ0n) is 13.4. The molecular formula is C16H23FN4O2. The number of aromatic nitrogens is 1. The topological polar surface area (TPSA) is 48.9 Å². The Morgan fingerprint density at radius 3 is 2.65 bits per heavy atom. The first-order valence-corrected chi connectivity index (χ1v) is 8.12. The molecule has 2 fully saturated rings. The van der Waals surface area contributed by atoms with Crippen LogP contribution in [0, 0.1) is 5.82 Å². The number of morpholine rings is 1. The summed E-state index contributed by atoms with van der Waals surface area (Å²) >= 11 is 0. The van der Waals surface area contributed by atoms with Crippen LogP contribution in [0.25, 0.3) is 0 Å². The summed E-state index contributed by atoms with van der Waals surface area (Å²) in [4.78, 5) is 22.3. The van der Waals surface area contributed by atoms with E-state index >= 15 is 0 Å². The van der Waals surface area contributed by atoms with Gasteiger partial charge in [0.15, 0.2) is 11.6 Å². The third-order valence-electron chi connectivity index (χ3n) is 4.63. The van der Waals surface area contributed by atoms with E-state index in [2.05, 4.69) is 4.98 Å². The second-order valence-electron chi connectivity index (χ2n) is 6.02. The van der Waals surface area contributed by atoms with Gasteiger partial charge in [0, 0.05) is 45.5 Å². The normalized spacial score (nSPS) is 19.7. The minimum Gasteiger partial charge on any atom is -0.378 e. The first-order chi connectivity index (χ1) is 11.2. The monoisotopic (exact) mass is 322 g/mol. The lowest BCUT2D eigenvalue weighted by molar-refractivity contribution is 0.0409. The van der Waals surface area contributed by atoms with E-state index in [1.165, 1.54) is 6.07 Å². The number of nitrogens with zero attached hydrogens (tertiary/aromatic N) is 4. The number of ether oxygens (including phenoxy) is 1. The highest BCUT2D eigenvalue weighted by atomic mass is 19.1. The van der Waals surface area contributed by atoms with Crippen LogP contribution in [0.4, 0.5) is 15.0 Å². The second-order valence-corrected chi connectivity index (χ2v) is 6.02. The summed E-state index contributed by atoms with van der Waals surface area (Å²) in [6, 6.07) is 3.28. The Morgan fingerprint density at radius 1 is 1.30 bits per heavy atom. The summed E-state index contributed by atoms with van der Waals surface area (Å²) in [6.07, 6.45) is 3.25. The van der Waals surface area contributed by atoms with E-state index in [9.17, 15) is 9.18 Å². The van der Waals surface area contributed by atoms with Gasteiger partial charge in [-0.05, 0) is 25.0 Å². The molecule has 0 atom stereocenters. The Bertz CT molecular complexity index is 543. The van der Waals surface area contributed by atoms with Gasteiger partial charge in [-0.25, -0.2) is 14.2 Å². The number of amides is 2. The lowest BCUT2D eigenvalue weighted by Crippen LogP contribution is -2.52. The molecule has 1 aromatic rings. The van der Waals surface area contributed by atoms with Gasteiger partial charge in [0.1, 0.15) is 0 Å². The average Bonchev–Trinajstić information content (AvgIpc) is 2.62. The lowest BCUT2D eigenvalue weighted by Gasteiger charge is -2.39. The molecule has 0 aliphatic carbocycles. The van der Waals surface area contributed by atoms with Crippen LogP contribution in [0.5, 0.6) is 0 Å². The van der Waals surface area contributed by atoms with Gasteiger partial charge in [-0.1, -0.05) is 0 Å². The van der Waals surface area contributed by atoms with Crippen molar-refractivity contribution in [1.29, 1.82) is 0 Å². The van der Waals surface area contributed by atoms with E-state index in [1.807, 2.05) is 21.7 Å². The van der Waals surface area contributed by atoms with Crippen molar-refractivity contribution < 1.29 is 13.9 Å². The first-order valence-electron chi connectivity index (χ1n) is 8.12. The van der Waals surface area contributed by atoms with Gasteiger partial charge < -0.3 is 19.4 Å². The van der Waals surface area contributed by atoms with Gasteiger partial charge in [0.25, 0.3) is 0 Å². The Kier molecular flexibility index (Phi) is 4.95. The van der Waals surface area contributed by atoms with E-state index in [1.54, 1.807) is 12.3 Å². The fraction of sp³-hybridized carbons (Fsp3) is 0.625. The van der Waals surface area contributed by atoms with Gasteiger partial charge in [0.05, 0.1) is 13.2 Å². The predicted molar refractivity (Wildman–Crippen MR) is 85.0 cm³/mol. The molecule has 2 saturated heterocycles. The number of rotatable bonds is 2. The molecule has 23 heavy (non-hydrogen) atoms. The van der Waals surface area contributed by atoms with Gasteiger partial charge in [-0.15, -0.1) is 0 Å². The van der Waals surface area contributed by atoms with Crippen molar-refractivity contribution in [2.75, 3.05) is 51.3 Å². The van der Waals surface area contributed by atoms with Crippen molar-refractivity contribution in [1.82, 2.24) is 14.8 Å². The molecule has 126 valence electrons. The highest BCUT2D eigenvalue weighted by Crippen LogP contribution is 2.23. The van der Waals surface area contributed by atoms with Crippen LogP contribution in [0.3, 0.4) is 0 Å². The molecule has 2 amide bonds. The number of carbonyl (C=O) groups is 1. The van der Waals surface area contributed by atoms with Crippen molar-refractivity contribution in [3.63, 3.8) is 0 Å². The largest absolute Gasteiger partial charge is 0.378 e. The van der Waals surface area contributed by atoms with Crippen LogP contribution >= 0.6 is 0 Å². The van der Waals surface area contributed by atoms with E-state index in [-0.39, 0.29) is 17.9 Å². The van der Waals surface area contributed by atoms with E-state index in [0.717, 1.165) is 12.8 Å². The maximum Gasteiger partial charge on any atom is 0.320 e. The first kappa shape index (κ1) is 16.0. The predicted octanol–water partition coefficient (Wildman–Crippen LogP) is 1.57. The summed E-state index contributed by atoms with van der Waals surface area (Å²) in [7, 11) is 1.86. The van der Waals surface area contributed by atoms with E-state index in [0.29, 0.717) is 45.2 Å². The van der Waals surface area contributed by atoms with Crippen molar-refractivity contribution >= 4 is 11.8 Å². The van der Waals surface area contributed by atoms with Crippen LogP contribution in [-0.2, 0) is 4.74 Å². The number of piperidine rings is 1. The van der Waals surface area contributed by atoms with Crippen LogP contribution in [0.2, 0.25) is 0 Å². The van der Waals surface area contributed by atoms with Crippen LogP contribution < -0.4 is 4.90 Å². The number of hydrogen-bond donors (Lipinski definition) is 0. The Morgan fingerprint density at radius 2 is 2.00 bits per heavy atom. The molecule has 0 spiro atoms. The molecule has 0 bridgehead atoms. The molecule has 0 unspecified atom stereocenters. The van der Waals surface area contributed by atoms with Crippen LogP contribution in [0.15, 0.2) is 18.3 Å². The molecule has 6 nitrogen and oxygen atoms in total. The highest BCUT2D eigenvalue weighted by molar-refractivity contribution is 5.74. The van der Waals surface area contributed by atoms with Crippen molar-refractivity contribution in [2.45, 2.75) is 18.9 Å². The Labute approximate surface area is 135 Å². The SMILES string of the molecule is CN(C(=O)N1CCOCC1)C1CCN(c2ncccc2F)CC1.